The maximum Gasteiger partial charge on any atom is 0.268 e. The van der Waals surface area contributed by atoms with Crippen molar-refractivity contribution in [2.75, 3.05) is 15.4 Å². The first-order valence-electron chi connectivity index (χ1n) is 11.9. The van der Waals surface area contributed by atoms with Crippen LogP contribution in [0.5, 0.6) is 0 Å². The summed E-state index contributed by atoms with van der Waals surface area (Å²) >= 11 is 1.17. The molecule has 7 nitrogen and oxygen atoms in total. The van der Waals surface area contributed by atoms with Crippen LogP contribution in [0.1, 0.15) is 23.6 Å². The second-order valence-electron chi connectivity index (χ2n) is 8.71. The summed E-state index contributed by atoms with van der Waals surface area (Å²) in [5, 5.41) is 3.21. The molecule has 5 rings (SSSR count). The molecule has 0 spiro atoms. The van der Waals surface area contributed by atoms with Gasteiger partial charge in [-0.2, -0.15) is 0 Å². The topological polar surface area (TPSA) is 92.3 Å². The molecule has 9 heteroatoms. The van der Waals surface area contributed by atoms with Gasteiger partial charge >= 0.3 is 0 Å². The summed E-state index contributed by atoms with van der Waals surface area (Å²) in [6, 6.07) is 22.8. The summed E-state index contributed by atoms with van der Waals surface area (Å²) in [6.07, 6.45) is 2.28. The van der Waals surface area contributed by atoms with Gasteiger partial charge in [-0.15, -0.1) is 0 Å². The number of carbonyl (C=O) groups excluding carboxylic acids is 1. The molecular weight excluding hydrogens is 504 g/mol. The third kappa shape index (κ3) is 5.10. The minimum absolute atomic E-state index is 0.0598. The number of aromatic nitrogens is 2. The van der Waals surface area contributed by atoms with Crippen molar-refractivity contribution in [2.45, 2.75) is 36.9 Å². The lowest BCUT2D eigenvalue weighted by Gasteiger charge is -2.31. The largest absolute Gasteiger partial charge is 0.325 e. The molecule has 0 atom stereocenters. The Labute approximate surface area is 221 Å². The summed E-state index contributed by atoms with van der Waals surface area (Å²) in [5.41, 5.74) is 5.50. The van der Waals surface area contributed by atoms with Crippen LogP contribution in [0.4, 0.5) is 11.4 Å². The molecule has 1 aliphatic heterocycles. The summed E-state index contributed by atoms with van der Waals surface area (Å²) < 4.78 is 28.8. The van der Waals surface area contributed by atoms with E-state index >= 15 is 0 Å². The van der Waals surface area contributed by atoms with E-state index in [1.807, 2.05) is 73.7 Å². The third-order valence-corrected chi connectivity index (χ3v) is 8.90. The van der Waals surface area contributed by atoms with Crippen LogP contribution in [-0.4, -0.2) is 30.0 Å². The van der Waals surface area contributed by atoms with E-state index < -0.39 is 10.0 Å². The molecule has 1 aromatic heterocycles. The summed E-state index contributed by atoms with van der Waals surface area (Å²) in [6.45, 7) is 4.25. The maximum absolute atomic E-state index is 13.7. The van der Waals surface area contributed by atoms with Crippen molar-refractivity contribution in [1.82, 2.24) is 9.97 Å². The Balaban J connectivity index is 1.39. The predicted octanol–water partition coefficient (Wildman–Crippen LogP) is 5.45. The fourth-order valence-corrected chi connectivity index (χ4v) is 6.37. The highest BCUT2D eigenvalue weighted by molar-refractivity contribution is 7.99. The van der Waals surface area contributed by atoms with E-state index in [0.717, 1.165) is 23.2 Å². The van der Waals surface area contributed by atoms with Crippen molar-refractivity contribution in [1.29, 1.82) is 0 Å². The number of nitrogens with one attached hydrogen (secondary N) is 1. The number of benzene rings is 3. The fraction of sp³-hybridized carbons (Fsp3) is 0.179. The summed E-state index contributed by atoms with van der Waals surface area (Å²) in [7, 11) is -3.89. The van der Waals surface area contributed by atoms with Gasteiger partial charge in [-0.05, 0) is 48.2 Å². The van der Waals surface area contributed by atoms with Crippen LogP contribution in [-0.2, 0) is 27.8 Å². The molecule has 2 heterocycles. The van der Waals surface area contributed by atoms with Crippen molar-refractivity contribution >= 4 is 39.1 Å². The smallest absolute Gasteiger partial charge is 0.268 e. The van der Waals surface area contributed by atoms with Crippen molar-refractivity contribution in [3.63, 3.8) is 0 Å². The van der Waals surface area contributed by atoms with Gasteiger partial charge < -0.3 is 5.32 Å². The second kappa shape index (κ2) is 10.4. The van der Waals surface area contributed by atoms with Gasteiger partial charge in [0.25, 0.3) is 10.0 Å². The van der Waals surface area contributed by atoms with Crippen LogP contribution in [0.3, 0.4) is 0 Å². The highest BCUT2D eigenvalue weighted by atomic mass is 32.2. The number of hydrogen-bond acceptors (Lipinski definition) is 6. The number of nitrogens with zero attached hydrogens (tertiary/aromatic N) is 3. The highest BCUT2D eigenvalue weighted by Crippen LogP contribution is 2.43. The SMILES string of the molecule is CCc1ccc(NC(=O)CSc2ncc3c(n2)-c2ccccc2N(Cc2ccccc2C)S3(=O)=O)cc1. The molecule has 0 saturated carbocycles. The highest BCUT2D eigenvalue weighted by Gasteiger charge is 2.36. The van der Waals surface area contributed by atoms with Crippen LogP contribution < -0.4 is 9.62 Å². The average molecular weight is 531 g/mol. The van der Waals surface area contributed by atoms with Crippen molar-refractivity contribution in [2.24, 2.45) is 0 Å². The van der Waals surface area contributed by atoms with Gasteiger partial charge in [0.1, 0.15) is 4.90 Å². The van der Waals surface area contributed by atoms with Gasteiger partial charge in [-0.25, -0.2) is 18.4 Å². The number of anilines is 2. The van der Waals surface area contributed by atoms with Crippen molar-refractivity contribution in [3.8, 4) is 11.3 Å². The number of carbonyl (C=O) groups is 1. The Morgan fingerprint density at radius 1 is 1.00 bits per heavy atom. The molecule has 1 N–H and O–H groups in total. The molecule has 1 aliphatic rings. The molecule has 1 amide bonds. The quantitative estimate of drug-likeness (QED) is 0.252. The van der Waals surface area contributed by atoms with Crippen LogP contribution in [0.25, 0.3) is 11.3 Å². The normalized spacial score (nSPS) is 13.5. The van der Waals surface area contributed by atoms with E-state index in [1.165, 1.54) is 27.8 Å². The zero-order chi connectivity index (χ0) is 26.0. The van der Waals surface area contributed by atoms with E-state index in [9.17, 15) is 13.2 Å². The predicted molar refractivity (Wildman–Crippen MR) is 147 cm³/mol. The molecule has 0 saturated heterocycles. The van der Waals surface area contributed by atoms with Gasteiger partial charge in [0.2, 0.25) is 5.91 Å². The molecule has 4 aromatic rings. The maximum atomic E-state index is 13.7. The molecular formula is C28H26N4O3S2. The van der Waals surface area contributed by atoms with E-state index in [2.05, 4.69) is 22.2 Å². The second-order valence-corrected chi connectivity index (χ2v) is 11.5. The fourth-order valence-electron chi connectivity index (χ4n) is 4.21. The number of hydrogen-bond donors (Lipinski definition) is 1. The van der Waals surface area contributed by atoms with Gasteiger partial charge in [-0.1, -0.05) is 73.3 Å². The first kappa shape index (κ1) is 25.0. The number of para-hydroxylation sites is 1. The Bertz CT molecular complexity index is 1570. The molecule has 0 aliphatic carbocycles. The first-order chi connectivity index (χ1) is 17.9. The molecule has 0 bridgehead atoms. The molecule has 0 unspecified atom stereocenters. The zero-order valence-electron chi connectivity index (χ0n) is 20.5. The van der Waals surface area contributed by atoms with Crippen LogP contribution in [0.15, 0.2) is 89.0 Å². The molecule has 0 fully saturated rings. The average Bonchev–Trinajstić information content (AvgIpc) is 2.91. The van der Waals surface area contributed by atoms with E-state index in [1.54, 1.807) is 6.07 Å². The lowest BCUT2D eigenvalue weighted by molar-refractivity contribution is -0.113. The number of rotatable bonds is 7. The number of aryl methyl sites for hydroxylation is 2. The number of thioether (sulfide) groups is 1. The van der Waals surface area contributed by atoms with Crippen LogP contribution >= 0.6 is 11.8 Å². The van der Waals surface area contributed by atoms with Crippen LogP contribution in [0, 0.1) is 6.92 Å². The Morgan fingerprint density at radius 2 is 1.73 bits per heavy atom. The van der Waals surface area contributed by atoms with E-state index in [-0.39, 0.29) is 23.1 Å². The van der Waals surface area contributed by atoms with E-state index in [0.29, 0.717) is 22.1 Å². The molecule has 3 aromatic carbocycles. The van der Waals surface area contributed by atoms with Crippen molar-refractivity contribution < 1.29 is 13.2 Å². The Kier molecular flexibility index (Phi) is 6.99. The molecule has 188 valence electrons. The van der Waals surface area contributed by atoms with Gasteiger partial charge in [0.15, 0.2) is 5.16 Å². The number of fused-ring (bicyclic) bond motifs is 3. The zero-order valence-corrected chi connectivity index (χ0v) is 22.1. The van der Waals surface area contributed by atoms with Crippen molar-refractivity contribution in [3.05, 3.63) is 95.7 Å². The molecule has 37 heavy (non-hydrogen) atoms. The molecule has 0 radical (unpaired) electrons. The number of sulfonamides is 1. The van der Waals surface area contributed by atoms with Crippen LogP contribution in [0.2, 0.25) is 0 Å². The first-order valence-corrected chi connectivity index (χ1v) is 14.3. The van der Waals surface area contributed by atoms with Gasteiger partial charge in [-0.3, -0.25) is 9.10 Å². The minimum atomic E-state index is -3.89. The third-order valence-electron chi connectivity index (χ3n) is 6.28. The van der Waals surface area contributed by atoms with E-state index in [4.69, 9.17) is 0 Å². The Morgan fingerprint density at radius 3 is 2.49 bits per heavy atom. The van der Waals surface area contributed by atoms with Gasteiger partial charge in [0.05, 0.1) is 29.9 Å². The Hall–Kier alpha value is -3.69. The lowest BCUT2D eigenvalue weighted by Crippen LogP contribution is -2.34. The number of amides is 1. The minimum Gasteiger partial charge on any atom is -0.325 e. The van der Waals surface area contributed by atoms with Gasteiger partial charge in [0, 0.05) is 11.3 Å². The lowest BCUT2D eigenvalue weighted by atomic mass is 10.1. The summed E-state index contributed by atoms with van der Waals surface area (Å²) in [5.74, 6) is -0.0877. The monoisotopic (exact) mass is 530 g/mol. The standard InChI is InChI=1S/C28H26N4O3S2/c1-3-20-12-14-22(15-13-20)30-26(33)18-36-28-29-16-25-27(31-28)23-10-6-7-11-24(23)32(37(25,34)35)17-21-9-5-4-8-19(21)2/h4-16H,3,17-18H2,1-2H3,(H,30,33). The summed E-state index contributed by atoms with van der Waals surface area (Å²) in [4.78, 5) is 21.4.